The summed E-state index contributed by atoms with van der Waals surface area (Å²) in [5, 5.41) is 2.91. The molecule has 29 heavy (non-hydrogen) atoms. The minimum absolute atomic E-state index is 0.111. The summed E-state index contributed by atoms with van der Waals surface area (Å²) in [6, 6.07) is 10.2. The van der Waals surface area contributed by atoms with Gasteiger partial charge in [-0.2, -0.15) is 4.31 Å². The maximum absolute atomic E-state index is 13.1. The van der Waals surface area contributed by atoms with Crippen LogP contribution in [-0.4, -0.2) is 38.8 Å². The Hall–Kier alpha value is -2.38. The third kappa shape index (κ3) is 4.46. The molecule has 1 N–H and O–H groups in total. The van der Waals surface area contributed by atoms with E-state index in [2.05, 4.69) is 12.2 Å². The molecule has 0 saturated carbocycles. The molecule has 6 nitrogen and oxygen atoms in total. The van der Waals surface area contributed by atoms with E-state index in [0.717, 1.165) is 29.7 Å². The highest BCUT2D eigenvalue weighted by atomic mass is 32.2. The number of hydrogen-bond donors (Lipinski definition) is 1. The lowest BCUT2D eigenvalue weighted by Gasteiger charge is -2.29. The Kier molecular flexibility index (Phi) is 6.29. The van der Waals surface area contributed by atoms with E-state index in [9.17, 15) is 13.2 Å². The predicted octanol–water partition coefficient (Wildman–Crippen LogP) is 3.98. The smallest absolute Gasteiger partial charge is 0.259 e. The van der Waals surface area contributed by atoms with Crippen LogP contribution in [0.25, 0.3) is 0 Å². The van der Waals surface area contributed by atoms with Crippen LogP contribution in [0.3, 0.4) is 0 Å². The van der Waals surface area contributed by atoms with Crippen molar-refractivity contribution in [3.8, 4) is 5.75 Å². The normalized spacial score (nSPS) is 15.9. The first-order valence-corrected chi connectivity index (χ1v) is 11.2. The number of hydrogen-bond acceptors (Lipinski definition) is 4. The molecule has 2 aromatic carbocycles. The lowest BCUT2D eigenvalue weighted by molar-refractivity contribution is 0.102. The highest BCUT2D eigenvalue weighted by Gasteiger charge is 2.29. The zero-order valence-electron chi connectivity index (χ0n) is 17.4. The first-order valence-electron chi connectivity index (χ1n) is 9.79. The summed E-state index contributed by atoms with van der Waals surface area (Å²) in [5.41, 5.74) is 2.78. The number of nitrogens with one attached hydrogen (secondary N) is 1. The van der Waals surface area contributed by atoms with Crippen molar-refractivity contribution in [2.45, 2.75) is 38.5 Å². The van der Waals surface area contributed by atoms with Crippen LogP contribution in [0.1, 0.15) is 41.3 Å². The van der Waals surface area contributed by atoms with Gasteiger partial charge in [-0.25, -0.2) is 8.42 Å². The highest BCUT2D eigenvalue weighted by Crippen LogP contribution is 2.29. The molecule has 156 valence electrons. The number of benzene rings is 2. The highest BCUT2D eigenvalue weighted by molar-refractivity contribution is 7.89. The van der Waals surface area contributed by atoms with Crippen molar-refractivity contribution in [3.63, 3.8) is 0 Å². The Morgan fingerprint density at radius 1 is 1.10 bits per heavy atom. The van der Waals surface area contributed by atoms with Crippen LogP contribution in [0.5, 0.6) is 5.75 Å². The molecular weight excluding hydrogens is 388 g/mol. The van der Waals surface area contributed by atoms with Crippen LogP contribution < -0.4 is 10.1 Å². The Morgan fingerprint density at radius 3 is 2.31 bits per heavy atom. The SMILES string of the molecule is COc1ccc(S(=O)(=O)N2CCC(C)CC2)cc1C(=O)Nc1c(C)cccc1C. The maximum atomic E-state index is 13.1. The molecule has 0 radical (unpaired) electrons. The van der Waals surface area contributed by atoms with Crippen molar-refractivity contribution in [1.82, 2.24) is 4.31 Å². The fourth-order valence-corrected chi connectivity index (χ4v) is 5.09. The molecule has 1 saturated heterocycles. The van der Waals surface area contributed by atoms with Gasteiger partial charge in [0.25, 0.3) is 5.91 Å². The van der Waals surface area contributed by atoms with E-state index in [1.165, 1.54) is 23.5 Å². The van der Waals surface area contributed by atoms with Crippen LogP contribution >= 0.6 is 0 Å². The molecular formula is C22H28N2O4S. The second-order valence-corrected chi connectivity index (χ2v) is 9.61. The van der Waals surface area contributed by atoms with Gasteiger partial charge in [0.2, 0.25) is 10.0 Å². The van der Waals surface area contributed by atoms with Crippen LogP contribution in [0.2, 0.25) is 0 Å². The summed E-state index contributed by atoms with van der Waals surface area (Å²) in [7, 11) is -2.19. The van der Waals surface area contributed by atoms with E-state index >= 15 is 0 Å². The lowest BCUT2D eigenvalue weighted by Crippen LogP contribution is -2.38. The Bertz CT molecular complexity index is 989. The molecule has 1 amide bonds. The molecule has 0 aromatic heterocycles. The van der Waals surface area contributed by atoms with E-state index in [4.69, 9.17) is 4.74 Å². The Morgan fingerprint density at radius 2 is 1.72 bits per heavy atom. The molecule has 0 aliphatic carbocycles. The summed E-state index contributed by atoms with van der Waals surface area (Å²) in [6.07, 6.45) is 1.69. The first kappa shape index (κ1) is 21.3. The minimum atomic E-state index is -3.66. The van der Waals surface area contributed by atoms with Crippen molar-refractivity contribution in [2.24, 2.45) is 5.92 Å². The van der Waals surface area contributed by atoms with Crippen LogP contribution in [0, 0.1) is 19.8 Å². The first-order chi connectivity index (χ1) is 13.7. The van der Waals surface area contributed by atoms with Crippen molar-refractivity contribution >= 4 is 21.6 Å². The third-order valence-corrected chi connectivity index (χ3v) is 7.41. The molecule has 1 fully saturated rings. The van der Waals surface area contributed by atoms with Crippen molar-refractivity contribution in [1.29, 1.82) is 0 Å². The topological polar surface area (TPSA) is 75.7 Å². The number of nitrogens with zero attached hydrogens (tertiary/aromatic N) is 1. The Balaban J connectivity index is 1.94. The van der Waals surface area contributed by atoms with Gasteiger partial charge in [-0.1, -0.05) is 25.1 Å². The lowest BCUT2D eigenvalue weighted by atomic mass is 10.0. The number of piperidine rings is 1. The molecule has 2 aromatic rings. The molecule has 1 aliphatic heterocycles. The summed E-state index contributed by atoms with van der Waals surface area (Å²) >= 11 is 0. The van der Waals surface area contributed by atoms with Gasteiger partial charge in [-0.3, -0.25) is 4.79 Å². The van der Waals surface area contributed by atoms with E-state index in [-0.39, 0.29) is 10.5 Å². The molecule has 0 bridgehead atoms. The summed E-state index contributed by atoms with van der Waals surface area (Å²) in [4.78, 5) is 13.1. The average Bonchev–Trinajstić information content (AvgIpc) is 2.70. The van der Waals surface area contributed by atoms with Gasteiger partial charge in [0, 0.05) is 18.8 Å². The van der Waals surface area contributed by atoms with Gasteiger partial charge in [-0.05, 0) is 61.9 Å². The van der Waals surface area contributed by atoms with Gasteiger partial charge in [0.05, 0.1) is 17.6 Å². The average molecular weight is 417 g/mol. The number of para-hydroxylation sites is 1. The van der Waals surface area contributed by atoms with Gasteiger partial charge in [0.15, 0.2) is 0 Å². The summed E-state index contributed by atoms with van der Waals surface area (Å²) in [5.74, 6) is 0.458. The molecule has 0 atom stereocenters. The molecule has 0 spiro atoms. The maximum Gasteiger partial charge on any atom is 0.259 e. The van der Waals surface area contributed by atoms with Crippen LogP contribution in [-0.2, 0) is 10.0 Å². The number of methoxy groups -OCH3 is 1. The molecule has 7 heteroatoms. The minimum Gasteiger partial charge on any atom is -0.496 e. The molecule has 1 heterocycles. The number of ether oxygens (including phenoxy) is 1. The number of sulfonamides is 1. The predicted molar refractivity (Wildman–Crippen MR) is 114 cm³/mol. The number of carbonyl (C=O) groups is 1. The van der Waals surface area contributed by atoms with E-state index < -0.39 is 15.9 Å². The third-order valence-electron chi connectivity index (χ3n) is 5.52. The number of carbonyl (C=O) groups excluding carboxylic acids is 1. The monoisotopic (exact) mass is 416 g/mol. The van der Waals surface area contributed by atoms with Crippen LogP contribution in [0.15, 0.2) is 41.3 Å². The van der Waals surface area contributed by atoms with E-state index in [0.29, 0.717) is 24.8 Å². The fraction of sp³-hybridized carbons (Fsp3) is 0.409. The van der Waals surface area contributed by atoms with Crippen molar-refractivity contribution < 1.29 is 17.9 Å². The zero-order chi connectivity index (χ0) is 21.2. The summed E-state index contributed by atoms with van der Waals surface area (Å²) in [6.45, 7) is 6.96. The summed E-state index contributed by atoms with van der Waals surface area (Å²) < 4.78 is 33.0. The zero-order valence-corrected chi connectivity index (χ0v) is 18.2. The molecule has 0 unspecified atom stereocenters. The number of aryl methyl sites for hydroxylation is 2. The van der Waals surface area contributed by atoms with Crippen LogP contribution in [0.4, 0.5) is 5.69 Å². The molecule has 3 rings (SSSR count). The van der Waals surface area contributed by atoms with E-state index in [1.54, 1.807) is 6.07 Å². The Labute approximate surface area is 172 Å². The molecule has 1 aliphatic rings. The van der Waals surface area contributed by atoms with Gasteiger partial charge >= 0.3 is 0 Å². The number of amides is 1. The van der Waals surface area contributed by atoms with Gasteiger partial charge < -0.3 is 10.1 Å². The standard InChI is InChI=1S/C22H28N2O4S/c1-15-10-12-24(13-11-15)29(26,27)18-8-9-20(28-4)19(14-18)22(25)23-21-16(2)6-5-7-17(21)3/h5-9,14-15H,10-13H2,1-4H3,(H,23,25). The van der Waals surface area contributed by atoms with Gasteiger partial charge in [-0.15, -0.1) is 0 Å². The quantitative estimate of drug-likeness (QED) is 0.800. The second-order valence-electron chi connectivity index (χ2n) is 7.67. The second kappa shape index (κ2) is 8.55. The van der Waals surface area contributed by atoms with Crippen molar-refractivity contribution in [3.05, 3.63) is 53.1 Å². The fourth-order valence-electron chi connectivity index (χ4n) is 3.59. The van der Waals surface area contributed by atoms with Crippen molar-refractivity contribution in [2.75, 3.05) is 25.5 Å². The van der Waals surface area contributed by atoms with E-state index in [1.807, 2.05) is 32.0 Å². The number of anilines is 1. The van der Waals surface area contributed by atoms with Gasteiger partial charge in [0.1, 0.15) is 5.75 Å². The largest absolute Gasteiger partial charge is 0.496 e. The number of rotatable bonds is 5.